The maximum atomic E-state index is 13.0. The maximum Gasteiger partial charge on any atom is 0.354 e. The number of piperidine rings is 1. The molecule has 180 valence electrons. The Hall–Kier alpha value is -4.27. The van der Waals surface area contributed by atoms with Crippen molar-refractivity contribution in [2.24, 2.45) is 5.92 Å². The Morgan fingerprint density at radius 1 is 1.06 bits per heavy atom. The minimum Gasteiger partial charge on any atom is -0.466 e. The minimum atomic E-state index is -0.531. The van der Waals surface area contributed by atoms with E-state index in [1.165, 1.54) is 6.20 Å². The smallest absolute Gasteiger partial charge is 0.354 e. The van der Waals surface area contributed by atoms with E-state index in [9.17, 15) is 19.7 Å². The molecule has 0 bridgehead atoms. The van der Waals surface area contributed by atoms with Gasteiger partial charge >= 0.3 is 17.5 Å². The molecule has 0 saturated carbocycles. The van der Waals surface area contributed by atoms with Crippen LogP contribution in [0.3, 0.4) is 0 Å². The van der Waals surface area contributed by atoms with E-state index < -0.39 is 4.92 Å². The Kier molecular flexibility index (Phi) is 7.35. The first-order valence-corrected chi connectivity index (χ1v) is 11.4. The lowest BCUT2D eigenvalue weighted by molar-refractivity contribution is -0.385. The van der Waals surface area contributed by atoms with E-state index in [4.69, 9.17) is 9.47 Å². The van der Waals surface area contributed by atoms with Crippen LogP contribution in [0.2, 0.25) is 0 Å². The van der Waals surface area contributed by atoms with Gasteiger partial charge in [-0.15, -0.1) is 0 Å². The molecule has 0 atom stereocenters. The maximum absolute atomic E-state index is 13.0. The fourth-order valence-electron chi connectivity index (χ4n) is 4.14. The fourth-order valence-corrected chi connectivity index (χ4v) is 4.14. The predicted molar refractivity (Wildman–Crippen MR) is 129 cm³/mol. The summed E-state index contributed by atoms with van der Waals surface area (Å²) in [6.45, 7) is 3.00. The quantitative estimate of drug-likeness (QED) is 0.198. The lowest BCUT2D eigenvalue weighted by Gasteiger charge is -2.32. The van der Waals surface area contributed by atoms with Gasteiger partial charge in [0.25, 0.3) is 0 Å². The van der Waals surface area contributed by atoms with E-state index in [0.717, 1.165) is 0 Å². The Labute approximate surface area is 202 Å². The Morgan fingerprint density at radius 2 is 1.74 bits per heavy atom. The highest BCUT2D eigenvalue weighted by Crippen LogP contribution is 2.40. The third kappa shape index (κ3) is 5.29. The highest BCUT2D eigenvalue weighted by atomic mass is 16.6. The number of rotatable bonds is 8. The van der Waals surface area contributed by atoms with Crippen molar-refractivity contribution in [1.29, 1.82) is 0 Å². The molecule has 1 aliphatic rings. The van der Waals surface area contributed by atoms with Crippen LogP contribution in [-0.4, -0.2) is 41.4 Å². The molecule has 1 aliphatic heterocycles. The summed E-state index contributed by atoms with van der Waals surface area (Å²) in [5, 5.41) is 12.1. The van der Waals surface area contributed by atoms with Crippen molar-refractivity contribution < 1.29 is 24.0 Å². The average Bonchev–Trinajstić information content (AvgIpc) is 2.89. The summed E-state index contributed by atoms with van der Waals surface area (Å²) in [4.78, 5) is 42.6. The van der Waals surface area contributed by atoms with Gasteiger partial charge < -0.3 is 14.4 Å². The monoisotopic (exact) mass is 475 g/mol. The van der Waals surface area contributed by atoms with Gasteiger partial charge in [0.2, 0.25) is 0 Å². The minimum absolute atomic E-state index is 0.176. The molecule has 2 aromatic carbocycles. The largest absolute Gasteiger partial charge is 0.466 e. The van der Waals surface area contributed by atoms with Crippen LogP contribution in [0.15, 0.2) is 66.9 Å². The number of carbonyl (C=O) groups is 2. The van der Waals surface area contributed by atoms with Gasteiger partial charge in [0.05, 0.1) is 23.0 Å². The van der Waals surface area contributed by atoms with Crippen molar-refractivity contribution in [2.45, 2.75) is 19.8 Å². The number of pyridine rings is 1. The molecule has 4 rings (SSSR count). The molecule has 9 nitrogen and oxygen atoms in total. The summed E-state index contributed by atoms with van der Waals surface area (Å²) in [5.74, 6) is -0.747. The number of anilines is 1. The lowest BCUT2D eigenvalue weighted by Crippen LogP contribution is -2.37. The highest BCUT2D eigenvalue weighted by Gasteiger charge is 2.32. The molecule has 35 heavy (non-hydrogen) atoms. The molecule has 3 aromatic rings. The number of hydrogen-bond acceptors (Lipinski definition) is 8. The van der Waals surface area contributed by atoms with Gasteiger partial charge in [-0.25, -0.2) is 4.98 Å². The molecule has 9 heteroatoms. The van der Waals surface area contributed by atoms with Gasteiger partial charge in [0.1, 0.15) is 11.4 Å². The summed E-state index contributed by atoms with van der Waals surface area (Å²) in [6.07, 6.45) is 2.50. The zero-order valence-electron chi connectivity index (χ0n) is 19.3. The van der Waals surface area contributed by atoms with Crippen LogP contribution in [0.5, 0.6) is 11.6 Å². The number of esters is 1. The van der Waals surface area contributed by atoms with Crippen LogP contribution in [0, 0.1) is 16.0 Å². The number of benzene rings is 2. The first-order valence-electron chi connectivity index (χ1n) is 11.4. The Bertz CT molecular complexity index is 1220. The number of nitrogens with zero attached hydrogens (tertiary/aromatic N) is 3. The summed E-state index contributed by atoms with van der Waals surface area (Å²) >= 11 is 0. The molecule has 1 fully saturated rings. The second kappa shape index (κ2) is 10.8. The van der Waals surface area contributed by atoms with Gasteiger partial charge in [0.15, 0.2) is 5.78 Å². The zero-order chi connectivity index (χ0) is 24.8. The third-order valence-corrected chi connectivity index (χ3v) is 5.88. The van der Waals surface area contributed by atoms with Gasteiger partial charge in [-0.2, -0.15) is 0 Å². The van der Waals surface area contributed by atoms with Gasteiger partial charge in [-0.05, 0) is 38.0 Å². The molecule has 1 saturated heterocycles. The normalized spacial score (nSPS) is 13.8. The van der Waals surface area contributed by atoms with Crippen molar-refractivity contribution in [3.8, 4) is 11.6 Å². The summed E-state index contributed by atoms with van der Waals surface area (Å²) in [7, 11) is 0. The summed E-state index contributed by atoms with van der Waals surface area (Å²) in [6, 6.07) is 16.9. The van der Waals surface area contributed by atoms with Crippen LogP contribution in [-0.2, 0) is 9.53 Å². The van der Waals surface area contributed by atoms with Crippen LogP contribution in [0.4, 0.5) is 11.4 Å². The predicted octanol–water partition coefficient (Wildman–Crippen LogP) is 4.79. The van der Waals surface area contributed by atoms with E-state index in [1.54, 1.807) is 61.5 Å². The average molecular weight is 476 g/mol. The number of aromatic nitrogens is 1. The highest BCUT2D eigenvalue weighted by molar-refractivity contribution is 6.10. The van der Waals surface area contributed by atoms with E-state index in [-0.39, 0.29) is 40.6 Å². The van der Waals surface area contributed by atoms with E-state index >= 15 is 0 Å². The number of carbonyl (C=O) groups excluding carboxylic acids is 2. The first kappa shape index (κ1) is 23.9. The molecular weight excluding hydrogens is 450 g/mol. The molecule has 0 unspecified atom stereocenters. The number of ketones is 1. The zero-order valence-corrected chi connectivity index (χ0v) is 19.3. The third-order valence-electron chi connectivity index (χ3n) is 5.88. The SMILES string of the molecule is CCOC(=O)C1CCN(c2ccnc(Oc3ccccc3C(=O)c3ccccc3)c2[N+](=O)[O-])CC1. The second-order valence-corrected chi connectivity index (χ2v) is 8.05. The van der Waals surface area contributed by atoms with Crippen molar-refractivity contribution in [3.63, 3.8) is 0 Å². The molecule has 2 heterocycles. The van der Waals surface area contributed by atoms with Crippen LogP contribution >= 0.6 is 0 Å². The first-order chi connectivity index (χ1) is 17.0. The van der Waals surface area contributed by atoms with Crippen LogP contribution in [0.25, 0.3) is 0 Å². The number of nitro groups is 1. The summed E-state index contributed by atoms with van der Waals surface area (Å²) in [5.41, 5.74) is 0.818. The lowest BCUT2D eigenvalue weighted by atomic mass is 9.96. The van der Waals surface area contributed by atoms with Gasteiger partial charge in [-0.1, -0.05) is 42.5 Å². The molecule has 0 spiro atoms. The van der Waals surface area contributed by atoms with Crippen LogP contribution in [0.1, 0.15) is 35.7 Å². The van der Waals surface area contributed by atoms with Crippen molar-refractivity contribution in [3.05, 3.63) is 88.1 Å². The molecule has 0 N–H and O–H groups in total. The molecule has 1 aromatic heterocycles. The molecular formula is C26H25N3O6. The van der Waals surface area contributed by atoms with Crippen molar-refractivity contribution >= 4 is 23.1 Å². The van der Waals surface area contributed by atoms with E-state index in [1.807, 2.05) is 11.0 Å². The van der Waals surface area contributed by atoms with Crippen LogP contribution < -0.4 is 9.64 Å². The standard InChI is InChI=1S/C26H25N3O6/c1-2-34-26(31)19-13-16-28(17-14-19)21-12-15-27-25(23(21)29(32)33)35-22-11-7-6-10-20(22)24(30)18-8-4-3-5-9-18/h3-12,15,19H,2,13-14,16-17H2,1H3. The molecule has 0 aliphatic carbocycles. The number of hydrogen-bond donors (Lipinski definition) is 0. The van der Waals surface area contributed by atoms with Gasteiger partial charge in [-0.3, -0.25) is 19.7 Å². The van der Waals surface area contributed by atoms with Gasteiger partial charge in [0, 0.05) is 24.8 Å². The second-order valence-electron chi connectivity index (χ2n) is 8.05. The van der Waals surface area contributed by atoms with Crippen molar-refractivity contribution in [1.82, 2.24) is 4.98 Å². The van der Waals surface area contributed by atoms with E-state index in [0.29, 0.717) is 43.8 Å². The summed E-state index contributed by atoms with van der Waals surface area (Å²) < 4.78 is 11.0. The number of ether oxygens (including phenoxy) is 2. The van der Waals surface area contributed by atoms with Crippen molar-refractivity contribution in [2.75, 3.05) is 24.6 Å². The Morgan fingerprint density at radius 3 is 2.43 bits per heavy atom. The fraction of sp³-hybridized carbons (Fsp3) is 0.269. The molecule has 0 radical (unpaired) electrons. The molecule has 0 amide bonds. The van der Waals surface area contributed by atoms with E-state index in [2.05, 4.69) is 4.98 Å². The Balaban J connectivity index is 1.61. The topological polar surface area (TPSA) is 112 Å². The number of para-hydroxylation sites is 1.